The largest absolute Gasteiger partial charge is 0.481 e. The summed E-state index contributed by atoms with van der Waals surface area (Å²) >= 11 is 0. The van der Waals surface area contributed by atoms with Crippen LogP contribution in [0.5, 0.6) is 0 Å². The Bertz CT molecular complexity index is 302. The zero-order valence-corrected chi connectivity index (χ0v) is 10.1. The maximum atomic E-state index is 11.8. The number of aliphatic carboxylic acids is 1. The summed E-state index contributed by atoms with van der Waals surface area (Å²) in [4.78, 5) is 24.2. The Morgan fingerprint density at radius 1 is 1.44 bits per heavy atom. The number of hydrogen-bond acceptors (Lipinski definition) is 2. The van der Waals surface area contributed by atoms with Crippen molar-refractivity contribution >= 4 is 11.9 Å². The number of amides is 1. The highest BCUT2D eigenvalue weighted by Gasteiger charge is 2.31. The standard InChI is InChI=1S/C12H19NO3/c1-5-7-13(8-6-2)10(14)9-12(3,4)11(15)16/h1H,6-9H2,2-4H3,(H,15,16). The number of terminal acetylenes is 1. The van der Waals surface area contributed by atoms with E-state index in [0.29, 0.717) is 6.54 Å². The number of carboxylic acid groups (broad SMARTS) is 1. The zero-order chi connectivity index (χ0) is 12.8. The minimum Gasteiger partial charge on any atom is -0.481 e. The first-order valence-electron chi connectivity index (χ1n) is 5.29. The molecule has 0 spiro atoms. The van der Waals surface area contributed by atoms with Crippen LogP contribution in [0.25, 0.3) is 0 Å². The van der Waals surface area contributed by atoms with Crippen LogP contribution in [-0.2, 0) is 9.59 Å². The van der Waals surface area contributed by atoms with E-state index in [2.05, 4.69) is 5.92 Å². The molecule has 0 rings (SSSR count). The molecule has 0 radical (unpaired) electrons. The van der Waals surface area contributed by atoms with Crippen molar-refractivity contribution in [1.82, 2.24) is 4.90 Å². The third-order valence-corrected chi connectivity index (χ3v) is 2.30. The maximum Gasteiger partial charge on any atom is 0.309 e. The third-order valence-electron chi connectivity index (χ3n) is 2.30. The van der Waals surface area contributed by atoms with E-state index in [4.69, 9.17) is 11.5 Å². The van der Waals surface area contributed by atoms with E-state index < -0.39 is 11.4 Å². The molecule has 1 N–H and O–H groups in total. The van der Waals surface area contributed by atoms with Gasteiger partial charge in [-0.25, -0.2) is 0 Å². The van der Waals surface area contributed by atoms with Crippen LogP contribution in [0.3, 0.4) is 0 Å². The fraction of sp³-hybridized carbons (Fsp3) is 0.667. The Labute approximate surface area is 96.6 Å². The molecule has 0 saturated carbocycles. The lowest BCUT2D eigenvalue weighted by Gasteiger charge is -2.24. The van der Waals surface area contributed by atoms with Crippen LogP contribution in [0.2, 0.25) is 0 Å². The number of carbonyl (C=O) groups excluding carboxylic acids is 1. The molecule has 4 nitrogen and oxygen atoms in total. The van der Waals surface area contributed by atoms with E-state index in [-0.39, 0.29) is 18.9 Å². The SMILES string of the molecule is C#CCN(CCC)C(=O)CC(C)(C)C(=O)O. The van der Waals surface area contributed by atoms with Crippen LogP contribution in [0.4, 0.5) is 0 Å². The minimum absolute atomic E-state index is 0.0238. The molecule has 1 amide bonds. The molecule has 16 heavy (non-hydrogen) atoms. The second-order valence-corrected chi connectivity index (χ2v) is 4.39. The first kappa shape index (κ1) is 14.5. The van der Waals surface area contributed by atoms with Crippen LogP contribution in [0.1, 0.15) is 33.6 Å². The van der Waals surface area contributed by atoms with Crippen molar-refractivity contribution < 1.29 is 14.7 Å². The molecule has 0 aromatic heterocycles. The molecule has 0 aliphatic carbocycles. The molecule has 4 heteroatoms. The monoisotopic (exact) mass is 225 g/mol. The lowest BCUT2D eigenvalue weighted by molar-refractivity contribution is -0.151. The lowest BCUT2D eigenvalue weighted by atomic mass is 9.89. The van der Waals surface area contributed by atoms with Crippen molar-refractivity contribution in [3.05, 3.63) is 0 Å². The Hall–Kier alpha value is -1.50. The summed E-state index contributed by atoms with van der Waals surface area (Å²) < 4.78 is 0. The number of hydrogen-bond donors (Lipinski definition) is 1. The highest BCUT2D eigenvalue weighted by Crippen LogP contribution is 2.21. The summed E-state index contributed by atoms with van der Waals surface area (Å²) in [5, 5.41) is 8.92. The predicted octanol–water partition coefficient (Wildman–Crippen LogP) is 1.36. The van der Waals surface area contributed by atoms with Gasteiger partial charge in [0, 0.05) is 13.0 Å². The van der Waals surface area contributed by atoms with Crippen molar-refractivity contribution in [2.24, 2.45) is 5.41 Å². The van der Waals surface area contributed by atoms with E-state index in [0.717, 1.165) is 6.42 Å². The molecule has 0 aliphatic rings. The lowest BCUT2D eigenvalue weighted by Crippen LogP contribution is -2.37. The van der Waals surface area contributed by atoms with E-state index >= 15 is 0 Å². The second-order valence-electron chi connectivity index (χ2n) is 4.39. The van der Waals surface area contributed by atoms with Gasteiger partial charge in [-0.15, -0.1) is 6.42 Å². The number of rotatable bonds is 6. The van der Waals surface area contributed by atoms with Crippen LogP contribution >= 0.6 is 0 Å². The summed E-state index contributed by atoms with van der Waals surface area (Å²) in [6, 6.07) is 0. The summed E-state index contributed by atoms with van der Waals surface area (Å²) in [5.41, 5.74) is -1.04. The molecule has 0 aromatic rings. The first-order chi connectivity index (χ1) is 7.35. The van der Waals surface area contributed by atoms with E-state index in [1.54, 1.807) is 0 Å². The van der Waals surface area contributed by atoms with Gasteiger partial charge in [-0.05, 0) is 20.3 Å². The molecular formula is C12H19NO3. The maximum absolute atomic E-state index is 11.8. The fourth-order valence-electron chi connectivity index (χ4n) is 1.24. The van der Waals surface area contributed by atoms with Gasteiger partial charge < -0.3 is 10.0 Å². The van der Waals surface area contributed by atoms with Crippen molar-refractivity contribution in [2.45, 2.75) is 33.6 Å². The van der Waals surface area contributed by atoms with Gasteiger partial charge in [0.25, 0.3) is 0 Å². The predicted molar refractivity (Wildman–Crippen MR) is 61.7 cm³/mol. The van der Waals surface area contributed by atoms with E-state index in [1.165, 1.54) is 18.7 Å². The van der Waals surface area contributed by atoms with Gasteiger partial charge in [-0.3, -0.25) is 9.59 Å². The summed E-state index contributed by atoms with van der Waals surface area (Å²) in [5.74, 6) is 1.23. The summed E-state index contributed by atoms with van der Waals surface area (Å²) in [6.07, 6.45) is 5.94. The van der Waals surface area contributed by atoms with Gasteiger partial charge in [-0.2, -0.15) is 0 Å². The molecule has 90 valence electrons. The van der Waals surface area contributed by atoms with Crippen LogP contribution in [0.15, 0.2) is 0 Å². The van der Waals surface area contributed by atoms with Gasteiger partial charge in [-0.1, -0.05) is 12.8 Å². The Balaban J connectivity index is 4.53. The van der Waals surface area contributed by atoms with Crippen LogP contribution in [0, 0.1) is 17.8 Å². The molecule has 0 aromatic carbocycles. The van der Waals surface area contributed by atoms with Gasteiger partial charge in [0.15, 0.2) is 0 Å². The van der Waals surface area contributed by atoms with Crippen LogP contribution in [-0.4, -0.2) is 35.0 Å². The van der Waals surface area contributed by atoms with Crippen molar-refractivity contribution in [2.75, 3.05) is 13.1 Å². The average Bonchev–Trinajstić information content (AvgIpc) is 2.16. The van der Waals surface area contributed by atoms with Gasteiger partial charge in [0.2, 0.25) is 5.91 Å². The molecule has 0 saturated heterocycles. The van der Waals surface area contributed by atoms with Crippen molar-refractivity contribution in [3.63, 3.8) is 0 Å². The average molecular weight is 225 g/mol. The molecular weight excluding hydrogens is 206 g/mol. The smallest absolute Gasteiger partial charge is 0.309 e. The Morgan fingerprint density at radius 3 is 2.38 bits per heavy atom. The molecule has 0 aliphatic heterocycles. The number of carbonyl (C=O) groups is 2. The third kappa shape index (κ3) is 4.35. The normalized spacial score (nSPS) is 10.6. The molecule has 0 heterocycles. The van der Waals surface area contributed by atoms with E-state index in [1.807, 2.05) is 6.92 Å². The summed E-state index contributed by atoms with van der Waals surface area (Å²) in [7, 11) is 0. The van der Waals surface area contributed by atoms with Crippen molar-refractivity contribution in [3.8, 4) is 12.3 Å². The topological polar surface area (TPSA) is 57.6 Å². The highest BCUT2D eigenvalue weighted by molar-refractivity contribution is 5.84. The zero-order valence-electron chi connectivity index (χ0n) is 10.1. The minimum atomic E-state index is -1.04. The van der Waals surface area contributed by atoms with Gasteiger partial charge in [0.05, 0.1) is 12.0 Å². The van der Waals surface area contributed by atoms with Crippen molar-refractivity contribution in [1.29, 1.82) is 0 Å². The fourth-order valence-corrected chi connectivity index (χ4v) is 1.24. The highest BCUT2D eigenvalue weighted by atomic mass is 16.4. The van der Waals surface area contributed by atoms with Crippen LogP contribution < -0.4 is 0 Å². The molecule has 0 bridgehead atoms. The molecule has 0 atom stereocenters. The molecule has 0 unspecified atom stereocenters. The van der Waals surface area contributed by atoms with Gasteiger partial charge >= 0.3 is 5.97 Å². The first-order valence-corrected chi connectivity index (χ1v) is 5.29. The molecule has 0 fully saturated rings. The quantitative estimate of drug-likeness (QED) is 0.694. The number of nitrogens with zero attached hydrogens (tertiary/aromatic N) is 1. The second kappa shape index (κ2) is 6.16. The summed E-state index contributed by atoms with van der Waals surface area (Å²) in [6.45, 7) is 5.82. The Morgan fingerprint density at radius 2 is 2.00 bits per heavy atom. The Kier molecular flexibility index (Phi) is 5.59. The number of carboxylic acids is 1. The van der Waals surface area contributed by atoms with E-state index in [9.17, 15) is 9.59 Å². The van der Waals surface area contributed by atoms with Gasteiger partial charge in [0.1, 0.15) is 0 Å².